The van der Waals surface area contributed by atoms with Gasteiger partial charge in [-0.15, -0.1) is 0 Å². The molecule has 0 atom stereocenters. The molecule has 0 radical (unpaired) electrons. The third kappa shape index (κ3) is 6.55. The van der Waals surface area contributed by atoms with E-state index in [-0.39, 0.29) is 16.5 Å². The van der Waals surface area contributed by atoms with Crippen LogP contribution in [0.15, 0.2) is 71.8 Å². The predicted octanol–water partition coefficient (Wildman–Crippen LogP) is 5.34. The number of ether oxygens (including phenoxy) is 1. The van der Waals surface area contributed by atoms with Gasteiger partial charge >= 0.3 is 17.8 Å². The molecule has 2 amide bonds. The zero-order chi connectivity index (χ0) is 24.0. The molecule has 2 N–H and O–H groups in total. The number of hydrogen-bond donors (Lipinski definition) is 2. The standard InChI is InChI=1S/C23H16Cl3N3O4/c1-13(28-29-22(31)21(30)27-19-12-16(25)10-11-18(19)26)17-4-2-3-5-20(17)33-23(32)14-6-8-15(24)9-7-14/h2-12H,1H3,(H,27,30)(H,29,31)/b28-13+. The van der Waals surface area contributed by atoms with Crippen molar-refractivity contribution in [3.05, 3.63) is 92.9 Å². The van der Waals surface area contributed by atoms with Gasteiger partial charge in [-0.1, -0.05) is 46.9 Å². The summed E-state index contributed by atoms with van der Waals surface area (Å²) in [5.74, 6) is -2.38. The van der Waals surface area contributed by atoms with E-state index in [0.717, 1.165) is 0 Å². The minimum atomic E-state index is -1.03. The fourth-order valence-corrected chi connectivity index (χ4v) is 3.08. The van der Waals surface area contributed by atoms with E-state index in [9.17, 15) is 14.4 Å². The van der Waals surface area contributed by atoms with E-state index in [1.165, 1.54) is 12.1 Å². The molecule has 0 aliphatic heterocycles. The highest BCUT2D eigenvalue weighted by Crippen LogP contribution is 2.25. The van der Waals surface area contributed by atoms with Gasteiger partial charge in [-0.05, 0) is 61.5 Å². The number of halogens is 3. The first-order valence-corrected chi connectivity index (χ1v) is 10.6. The first-order valence-electron chi connectivity index (χ1n) is 9.42. The maximum Gasteiger partial charge on any atom is 0.343 e. The molecule has 0 aromatic heterocycles. The van der Waals surface area contributed by atoms with E-state index in [0.29, 0.717) is 26.9 Å². The van der Waals surface area contributed by atoms with Crippen LogP contribution in [0.3, 0.4) is 0 Å². The van der Waals surface area contributed by atoms with Crippen molar-refractivity contribution in [2.75, 3.05) is 5.32 Å². The highest BCUT2D eigenvalue weighted by atomic mass is 35.5. The number of benzene rings is 3. The summed E-state index contributed by atoms with van der Waals surface area (Å²) >= 11 is 17.7. The normalized spacial score (nSPS) is 11.0. The molecule has 0 fully saturated rings. The number of esters is 1. The van der Waals surface area contributed by atoms with Crippen molar-refractivity contribution < 1.29 is 19.1 Å². The Labute approximate surface area is 204 Å². The number of hydrazone groups is 1. The Morgan fingerprint density at radius 1 is 0.848 bits per heavy atom. The predicted molar refractivity (Wildman–Crippen MR) is 128 cm³/mol. The molecule has 0 saturated carbocycles. The van der Waals surface area contributed by atoms with E-state index >= 15 is 0 Å². The lowest BCUT2D eigenvalue weighted by molar-refractivity contribution is -0.136. The van der Waals surface area contributed by atoms with Gasteiger partial charge in [0.2, 0.25) is 0 Å². The van der Waals surface area contributed by atoms with Crippen LogP contribution in [0.2, 0.25) is 15.1 Å². The van der Waals surface area contributed by atoms with E-state index in [1.807, 2.05) is 0 Å². The molecular weight excluding hydrogens is 489 g/mol. The summed E-state index contributed by atoms with van der Waals surface area (Å²) in [7, 11) is 0. The van der Waals surface area contributed by atoms with Crippen LogP contribution in [0.1, 0.15) is 22.8 Å². The van der Waals surface area contributed by atoms with Crippen LogP contribution in [0.4, 0.5) is 5.69 Å². The third-order valence-electron chi connectivity index (χ3n) is 4.27. The van der Waals surface area contributed by atoms with Gasteiger partial charge in [0.25, 0.3) is 0 Å². The molecule has 0 unspecified atom stereocenters. The second kappa shape index (κ2) is 11.0. The largest absolute Gasteiger partial charge is 0.422 e. The first kappa shape index (κ1) is 24.3. The van der Waals surface area contributed by atoms with Gasteiger partial charge in [-0.2, -0.15) is 5.10 Å². The summed E-state index contributed by atoms with van der Waals surface area (Å²) in [5, 5.41) is 7.35. The van der Waals surface area contributed by atoms with E-state index in [4.69, 9.17) is 39.5 Å². The fraction of sp³-hybridized carbons (Fsp3) is 0.0435. The van der Waals surface area contributed by atoms with Crippen molar-refractivity contribution in [3.8, 4) is 5.75 Å². The lowest BCUT2D eigenvalue weighted by Crippen LogP contribution is -2.33. The number of amides is 2. The first-order chi connectivity index (χ1) is 15.7. The summed E-state index contributed by atoms with van der Waals surface area (Å²) in [4.78, 5) is 36.7. The van der Waals surface area contributed by atoms with Crippen LogP contribution in [0.5, 0.6) is 5.75 Å². The molecule has 0 heterocycles. The number of anilines is 1. The van der Waals surface area contributed by atoms with Crippen molar-refractivity contribution in [1.29, 1.82) is 0 Å². The SMILES string of the molecule is C/C(=N\NC(=O)C(=O)Nc1cc(Cl)ccc1Cl)c1ccccc1OC(=O)c1ccc(Cl)cc1. The maximum absolute atomic E-state index is 12.4. The van der Waals surface area contributed by atoms with Crippen molar-refractivity contribution in [2.45, 2.75) is 6.92 Å². The molecule has 33 heavy (non-hydrogen) atoms. The molecular formula is C23H16Cl3N3O4. The van der Waals surface area contributed by atoms with Crippen molar-refractivity contribution in [3.63, 3.8) is 0 Å². The number of nitrogens with zero attached hydrogens (tertiary/aromatic N) is 1. The molecule has 3 aromatic carbocycles. The Kier molecular flexibility index (Phi) is 8.06. The third-order valence-corrected chi connectivity index (χ3v) is 5.08. The van der Waals surface area contributed by atoms with Crippen molar-refractivity contribution >= 4 is 64.0 Å². The summed E-state index contributed by atoms with van der Waals surface area (Å²) in [6.07, 6.45) is 0. The second-order valence-corrected chi connectivity index (χ2v) is 7.89. The van der Waals surface area contributed by atoms with Gasteiger partial charge in [0, 0.05) is 15.6 Å². The monoisotopic (exact) mass is 503 g/mol. The fourth-order valence-electron chi connectivity index (χ4n) is 2.62. The summed E-state index contributed by atoms with van der Waals surface area (Å²) < 4.78 is 5.47. The maximum atomic E-state index is 12.4. The number of hydrogen-bond acceptors (Lipinski definition) is 5. The second-order valence-electron chi connectivity index (χ2n) is 6.61. The topological polar surface area (TPSA) is 96.9 Å². The molecule has 0 saturated heterocycles. The number of carbonyl (C=O) groups is 3. The van der Waals surface area contributed by atoms with Crippen LogP contribution in [-0.4, -0.2) is 23.5 Å². The van der Waals surface area contributed by atoms with Gasteiger partial charge in [0.1, 0.15) is 5.75 Å². The van der Waals surface area contributed by atoms with Crippen molar-refractivity contribution in [2.24, 2.45) is 5.10 Å². The lowest BCUT2D eigenvalue weighted by Gasteiger charge is -2.10. The van der Waals surface area contributed by atoms with Crippen LogP contribution >= 0.6 is 34.8 Å². The van der Waals surface area contributed by atoms with Gasteiger partial charge in [-0.25, -0.2) is 10.2 Å². The Hall–Kier alpha value is -3.39. The Balaban J connectivity index is 1.69. The quantitative estimate of drug-likeness (QED) is 0.161. The minimum absolute atomic E-state index is 0.185. The van der Waals surface area contributed by atoms with Crippen LogP contribution in [0, 0.1) is 0 Å². The lowest BCUT2D eigenvalue weighted by atomic mass is 10.1. The van der Waals surface area contributed by atoms with Crippen LogP contribution in [0.25, 0.3) is 0 Å². The van der Waals surface area contributed by atoms with E-state index in [1.54, 1.807) is 61.5 Å². The Morgan fingerprint density at radius 2 is 1.52 bits per heavy atom. The molecule has 3 aromatic rings. The smallest absolute Gasteiger partial charge is 0.343 e. The highest BCUT2D eigenvalue weighted by Gasteiger charge is 2.17. The van der Waals surface area contributed by atoms with E-state index in [2.05, 4.69) is 15.8 Å². The minimum Gasteiger partial charge on any atom is -0.422 e. The summed E-state index contributed by atoms with van der Waals surface area (Å²) in [5.41, 5.74) is 3.40. The molecule has 168 valence electrons. The zero-order valence-corrected chi connectivity index (χ0v) is 19.3. The van der Waals surface area contributed by atoms with Crippen molar-refractivity contribution in [1.82, 2.24) is 5.43 Å². The molecule has 10 heteroatoms. The number of nitrogens with one attached hydrogen (secondary N) is 2. The number of rotatable bonds is 5. The molecule has 0 aliphatic carbocycles. The van der Waals surface area contributed by atoms with Crippen LogP contribution < -0.4 is 15.5 Å². The molecule has 0 spiro atoms. The highest BCUT2D eigenvalue weighted by molar-refractivity contribution is 6.42. The molecule has 0 aliphatic rings. The number of para-hydroxylation sites is 1. The molecule has 0 bridgehead atoms. The average molecular weight is 505 g/mol. The Morgan fingerprint density at radius 3 is 2.24 bits per heavy atom. The zero-order valence-electron chi connectivity index (χ0n) is 17.1. The van der Waals surface area contributed by atoms with Gasteiger partial charge in [0.05, 0.1) is 22.0 Å². The van der Waals surface area contributed by atoms with E-state index < -0.39 is 17.8 Å². The van der Waals surface area contributed by atoms with Gasteiger partial charge in [-0.3, -0.25) is 9.59 Å². The van der Waals surface area contributed by atoms with Gasteiger partial charge in [0.15, 0.2) is 0 Å². The summed E-state index contributed by atoms with van der Waals surface area (Å²) in [6, 6.07) is 17.3. The number of carbonyl (C=O) groups excluding carboxylic acids is 3. The Bertz CT molecular complexity index is 1240. The average Bonchev–Trinajstić information content (AvgIpc) is 2.80. The molecule has 3 rings (SSSR count). The van der Waals surface area contributed by atoms with Gasteiger partial charge < -0.3 is 10.1 Å². The van der Waals surface area contributed by atoms with Crippen LogP contribution in [-0.2, 0) is 9.59 Å². The summed E-state index contributed by atoms with van der Waals surface area (Å²) in [6.45, 7) is 1.58. The molecule has 7 nitrogen and oxygen atoms in total.